The first-order chi connectivity index (χ1) is 17.7. The van der Waals surface area contributed by atoms with E-state index < -0.39 is 10.0 Å². The van der Waals surface area contributed by atoms with E-state index in [0.717, 1.165) is 0 Å². The van der Waals surface area contributed by atoms with Crippen molar-refractivity contribution < 1.29 is 28.2 Å². The summed E-state index contributed by atoms with van der Waals surface area (Å²) >= 11 is 0. The molecule has 1 aliphatic heterocycles. The Morgan fingerprint density at radius 3 is 2.49 bits per heavy atom. The summed E-state index contributed by atoms with van der Waals surface area (Å²) < 4.78 is 32.3. The minimum Gasteiger partial charge on any atom is -0.507 e. The molecule has 12 nitrogen and oxygen atoms in total. The molecular weight excluding hydrogens is 500 g/mol. The van der Waals surface area contributed by atoms with Crippen LogP contribution in [-0.4, -0.2) is 99.6 Å². The summed E-state index contributed by atoms with van der Waals surface area (Å²) in [4.78, 5) is 14.8. The van der Waals surface area contributed by atoms with E-state index in [1.165, 1.54) is 10.4 Å². The first-order valence-corrected chi connectivity index (χ1v) is 13.5. The van der Waals surface area contributed by atoms with Crippen LogP contribution in [0, 0.1) is 0 Å². The van der Waals surface area contributed by atoms with Gasteiger partial charge >= 0.3 is 0 Å². The summed E-state index contributed by atoms with van der Waals surface area (Å²) in [5, 5.41) is 32.9. The zero-order valence-corrected chi connectivity index (χ0v) is 21.6. The largest absolute Gasteiger partial charge is 0.507 e. The van der Waals surface area contributed by atoms with Gasteiger partial charge in [0.1, 0.15) is 11.5 Å². The monoisotopic (exact) mass is 530 g/mol. The second kappa shape index (κ2) is 11.2. The number of amides is 1. The van der Waals surface area contributed by atoms with Crippen LogP contribution in [0.2, 0.25) is 0 Å². The predicted molar refractivity (Wildman–Crippen MR) is 135 cm³/mol. The van der Waals surface area contributed by atoms with Crippen LogP contribution in [0.25, 0.3) is 22.5 Å². The predicted octanol–water partition coefficient (Wildman–Crippen LogP) is 1.56. The number of phenols is 2. The van der Waals surface area contributed by atoms with Crippen molar-refractivity contribution >= 4 is 15.9 Å². The number of methoxy groups -OCH3 is 1. The van der Waals surface area contributed by atoms with Gasteiger partial charge in [0.25, 0.3) is 5.91 Å². The number of ether oxygens (including phenoxy) is 1. The van der Waals surface area contributed by atoms with Gasteiger partial charge in [0.2, 0.25) is 10.0 Å². The van der Waals surface area contributed by atoms with Crippen LogP contribution < -0.4 is 0 Å². The Bertz CT molecular complexity index is 1370. The Hall–Kier alpha value is -3.55. The van der Waals surface area contributed by atoms with Crippen LogP contribution in [0.3, 0.4) is 0 Å². The molecule has 37 heavy (non-hydrogen) atoms. The summed E-state index contributed by atoms with van der Waals surface area (Å²) in [6.07, 6.45) is 0.670. The van der Waals surface area contributed by atoms with Gasteiger partial charge in [0, 0.05) is 63.6 Å². The summed E-state index contributed by atoms with van der Waals surface area (Å²) in [5.41, 5.74) is 1.70. The lowest BCUT2D eigenvalue weighted by Gasteiger charge is -2.33. The number of piperazine rings is 1. The third-order valence-corrected chi connectivity index (χ3v) is 8.19. The van der Waals surface area contributed by atoms with E-state index >= 15 is 0 Å². The minimum atomic E-state index is -3.29. The van der Waals surface area contributed by atoms with Crippen LogP contribution in [-0.2, 0) is 21.3 Å². The average Bonchev–Trinajstić information content (AvgIpc) is 3.37. The van der Waals surface area contributed by atoms with Crippen molar-refractivity contribution in [1.29, 1.82) is 0 Å². The van der Waals surface area contributed by atoms with Crippen molar-refractivity contribution in [2.24, 2.45) is 0 Å². The molecular formula is C24H30N6O6S. The van der Waals surface area contributed by atoms with Crippen LogP contribution in [0.4, 0.5) is 0 Å². The number of hydrogen-bond acceptors (Lipinski definition) is 9. The summed E-state index contributed by atoms with van der Waals surface area (Å²) in [5.74, 6) is -0.211. The molecule has 0 bridgehead atoms. The highest BCUT2D eigenvalue weighted by Gasteiger charge is 2.28. The molecule has 2 heterocycles. The fraction of sp³-hybridized carbons (Fsp3) is 0.417. The van der Waals surface area contributed by atoms with Crippen LogP contribution in [0.5, 0.6) is 11.5 Å². The van der Waals surface area contributed by atoms with Gasteiger partial charge in [0.05, 0.1) is 11.3 Å². The molecule has 0 saturated carbocycles. The Morgan fingerprint density at radius 2 is 1.78 bits per heavy atom. The molecule has 2 aromatic carbocycles. The number of sulfonamides is 1. The summed E-state index contributed by atoms with van der Waals surface area (Å²) in [7, 11) is -1.69. The second-order valence-electron chi connectivity index (χ2n) is 8.63. The maximum Gasteiger partial charge on any atom is 0.253 e. The number of tetrazole rings is 1. The number of benzene rings is 2. The van der Waals surface area contributed by atoms with E-state index in [9.17, 15) is 23.4 Å². The summed E-state index contributed by atoms with van der Waals surface area (Å²) in [6.45, 7) is 3.69. The van der Waals surface area contributed by atoms with Crippen molar-refractivity contribution in [2.45, 2.75) is 19.9 Å². The lowest BCUT2D eigenvalue weighted by Crippen LogP contribution is -2.50. The number of aryl methyl sites for hydroxylation is 1. The van der Waals surface area contributed by atoms with Crippen LogP contribution >= 0.6 is 0 Å². The van der Waals surface area contributed by atoms with E-state index in [1.54, 1.807) is 53.9 Å². The molecule has 0 unspecified atom stereocenters. The Labute approximate surface area is 215 Å². The molecule has 1 amide bonds. The Balaban J connectivity index is 1.58. The quantitative estimate of drug-likeness (QED) is 0.393. The number of aromatic nitrogens is 4. The van der Waals surface area contributed by atoms with Gasteiger partial charge in [-0.25, -0.2) is 13.1 Å². The van der Waals surface area contributed by atoms with E-state index in [1.807, 2.05) is 0 Å². The number of carbonyl (C=O) groups is 1. The molecule has 2 N–H and O–H groups in total. The first-order valence-electron chi connectivity index (χ1n) is 11.9. The van der Waals surface area contributed by atoms with Gasteiger partial charge in [-0.15, -0.1) is 5.10 Å². The lowest BCUT2D eigenvalue weighted by atomic mass is 9.98. The molecule has 198 valence electrons. The molecule has 0 atom stereocenters. The van der Waals surface area contributed by atoms with Gasteiger partial charge < -0.3 is 19.8 Å². The van der Waals surface area contributed by atoms with Crippen LogP contribution in [0.15, 0.2) is 36.4 Å². The van der Waals surface area contributed by atoms with Crippen molar-refractivity contribution in [3.8, 4) is 34.0 Å². The van der Waals surface area contributed by atoms with Gasteiger partial charge in [-0.05, 0) is 47.5 Å². The van der Waals surface area contributed by atoms with Crippen molar-refractivity contribution in [2.75, 3.05) is 45.6 Å². The fourth-order valence-corrected chi connectivity index (χ4v) is 5.33. The average molecular weight is 531 g/mol. The molecule has 0 spiro atoms. The zero-order valence-electron chi connectivity index (χ0n) is 20.7. The molecule has 1 aliphatic rings. The van der Waals surface area contributed by atoms with Gasteiger partial charge in [-0.3, -0.25) is 4.79 Å². The molecule has 3 aromatic rings. The fourth-order valence-electron chi connectivity index (χ4n) is 4.25. The molecule has 0 aliphatic carbocycles. The van der Waals surface area contributed by atoms with Crippen molar-refractivity contribution in [3.05, 3.63) is 42.0 Å². The standard InChI is InChI=1S/C24H30N6O6S/c1-3-37(34,35)29-11-9-28(10-12-29)24(33)18-7-4-6-17(14-18)19-15-20(22(32)16-21(19)31)23-25-26-27-30(23)8-5-13-36-2/h4,6-7,14-16,31-32H,3,5,8-13H2,1-2H3. The van der Waals surface area contributed by atoms with Crippen molar-refractivity contribution in [1.82, 2.24) is 29.4 Å². The number of carbonyl (C=O) groups excluding carboxylic acids is 1. The van der Waals surface area contributed by atoms with Gasteiger partial charge in [-0.2, -0.15) is 4.31 Å². The van der Waals surface area contributed by atoms with E-state index in [2.05, 4.69) is 15.5 Å². The highest BCUT2D eigenvalue weighted by Crippen LogP contribution is 2.39. The van der Waals surface area contributed by atoms with E-state index in [4.69, 9.17) is 4.74 Å². The van der Waals surface area contributed by atoms with Gasteiger partial charge in [-0.1, -0.05) is 12.1 Å². The normalized spacial score (nSPS) is 14.7. The number of nitrogens with zero attached hydrogens (tertiary/aromatic N) is 6. The zero-order chi connectivity index (χ0) is 26.6. The van der Waals surface area contributed by atoms with E-state index in [0.29, 0.717) is 60.7 Å². The molecule has 4 rings (SSSR count). The minimum absolute atomic E-state index is 0.0284. The first kappa shape index (κ1) is 26.5. The number of phenolic OH excluding ortho intramolecular Hbond substituents is 2. The molecule has 1 fully saturated rings. The molecule has 1 saturated heterocycles. The second-order valence-corrected chi connectivity index (χ2v) is 10.9. The smallest absolute Gasteiger partial charge is 0.253 e. The molecule has 13 heteroatoms. The molecule has 0 radical (unpaired) electrons. The van der Waals surface area contributed by atoms with Crippen molar-refractivity contribution in [3.63, 3.8) is 0 Å². The third kappa shape index (κ3) is 5.73. The topological polar surface area (TPSA) is 151 Å². The lowest BCUT2D eigenvalue weighted by molar-refractivity contribution is 0.0698. The highest BCUT2D eigenvalue weighted by atomic mass is 32.2. The Kier molecular flexibility index (Phi) is 8.05. The Morgan fingerprint density at radius 1 is 1.05 bits per heavy atom. The van der Waals surface area contributed by atoms with Crippen LogP contribution in [0.1, 0.15) is 23.7 Å². The highest BCUT2D eigenvalue weighted by molar-refractivity contribution is 7.89. The summed E-state index contributed by atoms with van der Waals surface area (Å²) in [6, 6.07) is 9.60. The SMILES string of the molecule is CCS(=O)(=O)N1CCN(C(=O)c2cccc(-c3cc(-c4nnnn4CCCOC)c(O)cc3O)c2)CC1. The number of hydrogen-bond donors (Lipinski definition) is 2. The number of aromatic hydroxyl groups is 2. The van der Waals surface area contributed by atoms with E-state index in [-0.39, 0.29) is 36.2 Å². The molecule has 1 aromatic heterocycles. The number of rotatable bonds is 9. The maximum atomic E-state index is 13.2. The van der Waals surface area contributed by atoms with Gasteiger partial charge in [0.15, 0.2) is 5.82 Å². The third-order valence-electron chi connectivity index (χ3n) is 6.31. The maximum absolute atomic E-state index is 13.2.